The molecule has 1 heterocycles. The minimum Gasteiger partial charge on any atom is -0.351 e. The topological polar surface area (TPSA) is 73.5 Å². The molecule has 0 bridgehead atoms. The van der Waals surface area contributed by atoms with E-state index in [0.717, 1.165) is 31.5 Å². The lowest BCUT2D eigenvalue weighted by Crippen LogP contribution is -2.50. The van der Waals surface area contributed by atoms with Crippen molar-refractivity contribution < 1.29 is 9.59 Å². The molecule has 0 aromatic heterocycles. The highest BCUT2D eigenvalue weighted by Gasteiger charge is 2.27. The van der Waals surface area contributed by atoms with Crippen LogP contribution in [0.15, 0.2) is 54.6 Å². The number of urea groups is 1. The van der Waals surface area contributed by atoms with E-state index in [2.05, 4.69) is 34.7 Å². The number of hydrogen-bond acceptors (Lipinski definition) is 3. The molecule has 7 heteroatoms. The summed E-state index contributed by atoms with van der Waals surface area (Å²) in [5, 5.41) is 9.28. The van der Waals surface area contributed by atoms with Gasteiger partial charge >= 0.3 is 6.03 Å². The van der Waals surface area contributed by atoms with Gasteiger partial charge in [0, 0.05) is 35.9 Å². The van der Waals surface area contributed by atoms with E-state index in [9.17, 15) is 9.59 Å². The number of nitrogens with one attached hydrogen (secondary N) is 3. The molecule has 0 saturated carbocycles. The smallest absolute Gasteiger partial charge is 0.320 e. The van der Waals surface area contributed by atoms with E-state index in [-0.39, 0.29) is 11.9 Å². The molecule has 1 aliphatic rings. The normalized spacial score (nSPS) is 16.1. The fraction of sp³-hybridized carbons (Fsp3) is 0.391. The molecule has 3 rings (SSSR count). The van der Waals surface area contributed by atoms with Crippen LogP contribution in [0, 0.1) is 0 Å². The molecule has 3 N–H and O–H groups in total. The minimum atomic E-state index is -0.776. The number of halogens is 1. The third-order valence-corrected chi connectivity index (χ3v) is 5.63. The van der Waals surface area contributed by atoms with Crippen molar-refractivity contribution in [2.24, 2.45) is 0 Å². The maximum absolute atomic E-state index is 13.1. The van der Waals surface area contributed by atoms with Crippen LogP contribution in [0.3, 0.4) is 0 Å². The molecule has 2 aromatic carbocycles. The van der Waals surface area contributed by atoms with E-state index in [1.807, 2.05) is 30.3 Å². The van der Waals surface area contributed by atoms with Crippen LogP contribution in [-0.4, -0.2) is 42.0 Å². The standard InChI is InChI=1S/C23H29ClN4O2/c1-16(2)28-14-12-20(13-15-28)25-22(29)21(17-6-4-3-5-7-17)27-23(30)26-19-10-8-18(24)9-11-19/h3-11,16,20-21H,12-15H2,1-2H3,(H,25,29)(H2,26,27,30)/t21-/m1/s1. The first-order chi connectivity index (χ1) is 14.4. The number of carbonyl (C=O) groups is 2. The van der Waals surface area contributed by atoms with E-state index < -0.39 is 12.1 Å². The van der Waals surface area contributed by atoms with Crippen molar-refractivity contribution in [3.63, 3.8) is 0 Å². The SMILES string of the molecule is CC(C)N1CCC(NC(=O)[C@H](NC(=O)Nc2ccc(Cl)cc2)c2ccccc2)CC1. The van der Waals surface area contributed by atoms with Crippen LogP contribution in [0.25, 0.3) is 0 Å². The lowest BCUT2D eigenvalue weighted by molar-refractivity contribution is -0.124. The number of likely N-dealkylation sites (tertiary alicyclic amines) is 1. The van der Waals surface area contributed by atoms with Gasteiger partial charge in [0.15, 0.2) is 0 Å². The lowest BCUT2D eigenvalue weighted by atomic mass is 10.0. The maximum Gasteiger partial charge on any atom is 0.320 e. The van der Waals surface area contributed by atoms with Gasteiger partial charge in [0.25, 0.3) is 0 Å². The molecule has 6 nitrogen and oxygen atoms in total. The van der Waals surface area contributed by atoms with Crippen molar-refractivity contribution in [3.8, 4) is 0 Å². The Morgan fingerprint density at radius 2 is 1.63 bits per heavy atom. The zero-order valence-electron chi connectivity index (χ0n) is 17.4. The summed E-state index contributed by atoms with van der Waals surface area (Å²) in [6.07, 6.45) is 1.81. The van der Waals surface area contributed by atoms with Gasteiger partial charge in [-0.15, -0.1) is 0 Å². The first kappa shape index (κ1) is 22.1. The summed E-state index contributed by atoms with van der Waals surface area (Å²) in [5.74, 6) is -0.199. The largest absolute Gasteiger partial charge is 0.351 e. The Morgan fingerprint density at radius 3 is 2.23 bits per heavy atom. The van der Waals surface area contributed by atoms with E-state index >= 15 is 0 Å². The monoisotopic (exact) mass is 428 g/mol. The van der Waals surface area contributed by atoms with Gasteiger partial charge in [-0.25, -0.2) is 4.79 Å². The van der Waals surface area contributed by atoms with Crippen molar-refractivity contribution in [1.29, 1.82) is 0 Å². The lowest BCUT2D eigenvalue weighted by Gasteiger charge is -2.35. The second kappa shape index (κ2) is 10.5. The number of rotatable bonds is 6. The molecule has 30 heavy (non-hydrogen) atoms. The summed E-state index contributed by atoms with van der Waals surface area (Å²) in [7, 11) is 0. The van der Waals surface area contributed by atoms with Gasteiger partial charge in [-0.1, -0.05) is 41.9 Å². The molecule has 0 unspecified atom stereocenters. The molecule has 1 saturated heterocycles. The van der Waals surface area contributed by atoms with E-state index in [1.165, 1.54) is 0 Å². The van der Waals surface area contributed by atoms with Crippen molar-refractivity contribution in [3.05, 3.63) is 65.2 Å². The maximum atomic E-state index is 13.1. The zero-order valence-corrected chi connectivity index (χ0v) is 18.2. The number of carbonyl (C=O) groups excluding carboxylic acids is 2. The van der Waals surface area contributed by atoms with Crippen LogP contribution in [0.4, 0.5) is 10.5 Å². The Morgan fingerprint density at radius 1 is 1.00 bits per heavy atom. The van der Waals surface area contributed by atoms with Crippen molar-refractivity contribution >= 4 is 29.2 Å². The Hall–Kier alpha value is -2.57. The molecule has 2 aromatic rings. The first-order valence-electron chi connectivity index (χ1n) is 10.3. The molecule has 1 aliphatic heterocycles. The third kappa shape index (κ3) is 6.21. The van der Waals surface area contributed by atoms with Crippen LogP contribution < -0.4 is 16.0 Å². The molecule has 3 amide bonds. The highest BCUT2D eigenvalue weighted by molar-refractivity contribution is 6.30. The van der Waals surface area contributed by atoms with Gasteiger partial charge in [0.2, 0.25) is 5.91 Å². The van der Waals surface area contributed by atoms with Crippen molar-refractivity contribution in [2.75, 3.05) is 18.4 Å². The van der Waals surface area contributed by atoms with Crippen LogP contribution >= 0.6 is 11.6 Å². The fourth-order valence-corrected chi connectivity index (χ4v) is 3.75. The number of hydrogen-bond donors (Lipinski definition) is 3. The molecular formula is C23H29ClN4O2. The average molecular weight is 429 g/mol. The summed E-state index contributed by atoms with van der Waals surface area (Å²) in [6.45, 7) is 6.30. The fourth-order valence-electron chi connectivity index (χ4n) is 3.62. The Bertz CT molecular complexity index is 834. The molecule has 1 fully saturated rings. The molecule has 0 spiro atoms. The number of amides is 3. The number of anilines is 1. The van der Waals surface area contributed by atoms with Gasteiger partial charge in [0.1, 0.15) is 6.04 Å². The highest BCUT2D eigenvalue weighted by Crippen LogP contribution is 2.18. The predicted octanol–water partition coefficient (Wildman–Crippen LogP) is 4.19. The second-order valence-electron chi connectivity index (χ2n) is 7.86. The average Bonchev–Trinajstić information content (AvgIpc) is 2.74. The summed E-state index contributed by atoms with van der Waals surface area (Å²) in [4.78, 5) is 28.0. The molecule has 160 valence electrons. The summed E-state index contributed by atoms with van der Waals surface area (Å²) in [6, 6.07) is 15.5. The van der Waals surface area contributed by atoms with Crippen molar-refractivity contribution in [2.45, 2.75) is 44.8 Å². The second-order valence-corrected chi connectivity index (χ2v) is 8.30. The number of benzene rings is 2. The molecule has 0 aliphatic carbocycles. The highest BCUT2D eigenvalue weighted by atomic mass is 35.5. The minimum absolute atomic E-state index is 0.111. The summed E-state index contributed by atoms with van der Waals surface area (Å²) in [5.41, 5.74) is 1.34. The Balaban J connectivity index is 1.64. The van der Waals surface area contributed by atoms with E-state index in [0.29, 0.717) is 16.8 Å². The van der Waals surface area contributed by atoms with Gasteiger partial charge in [-0.3, -0.25) is 4.79 Å². The van der Waals surface area contributed by atoms with Crippen LogP contribution in [0.2, 0.25) is 5.02 Å². The van der Waals surface area contributed by atoms with E-state index in [4.69, 9.17) is 11.6 Å². The van der Waals surface area contributed by atoms with Gasteiger partial charge in [-0.2, -0.15) is 0 Å². The van der Waals surface area contributed by atoms with Crippen LogP contribution in [-0.2, 0) is 4.79 Å². The number of nitrogens with zero attached hydrogens (tertiary/aromatic N) is 1. The first-order valence-corrected chi connectivity index (χ1v) is 10.7. The molecule has 1 atom stereocenters. The summed E-state index contributed by atoms with van der Waals surface area (Å²) >= 11 is 5.89. The van der Waals surface area contributed by atoms with Crippen LogP contribution in [0.1, 0.15) is 38.3 Å². The number of piperidine rings is 1. The van der Waals surface area contributed by atoms with Gasteiger partial charge < -0.3 is 20.9 Å². The Kier molecular flexibility index (Phi) is 7.71. The molecular weight excluding hydrogens is 400 g/mol. The molecule has 0 radical (unpaired) electrons. The predicted molar refractivity (Wildman–Crippen MR) is 121 cm³/mol. The van der Waals surface area contributed by atoms with E-state index in [1.54, 1.807) is 24.3 Å². The van der Waals surface area contributed by atoms with Gasteiger partial charge in [-0.05, 0) is 56.5 Å². The third-order valence-electron chi connectivity index (χ3n) is 5.38. The van der Waals surface area contributed by atoms with Crippen LogP contribution in [0.5, 0.6) is 0 Å². The quantitative estimate of drug-likeness (QED) is 0.645. The van der Waals surface area contributed by atoms with Gasteiger partial charge in [0.05, 0.1) is 0 Å². The summed E-state index contributed by atoms with van der Waals surface area (Å²) < 4.78 is 0. The Labute approximate surface area is 183 Å². The zero-order chi connectivity index (χ0) is 21.5. The van der Waals surface area contributed by atoms with Crippen molar-refractivity contribution in [1.82, 2.24) is 15.5 Å².